The molecule has 0 fully saturated rings. The molecule has 49 heavy (non-hydrogen) atoms. The number of para-hydroxylation sites is 1. The molecule has 1 aliphatic rings. The lowest BCUT2D eigenvalue weighted by atomic mass is 9.90. The summed E-state index contributed by atoms with van der Waals surface area (Å²) in [6.07, 6.45) is 9.17. The number of allylic oxidation sites excluding steroid dienone is 1. The summed E-state index contributed by atoms with van der Waals surface area (Å²) >= 11 is 6.86. The lowest BCUT2D eigenvalue weighted by molar-refractivity contribution is 0.895. The van der Waals surface area contributed by atoms with Crippen LogP contribution in [0.15, 0.2) is 143 Å². The number of halogens is 1. The number of hydrogen-bond acceptors (Lipinski definition) is 4. The Kier molecular flexibility index (Phi) is 6.85. The molecule has 0 spiro atoms. The zero-order valence-corrected chi connectivity index (χ0v) is 26.9. The molecular formula is C42H27ClN4O2. The van der Waals surface area contributed by atoms with Gasteiger partial charge in [-0.05, 0) is 112 Å². The third-order valence-electron chi connectivity index (χ3n) is 9.30. The van der Waals surface area contributed by atoms with Gasteiger partial charge in [0.2, 0.25) is 0 Å². The molecule has 0 radical (unpaired) electrons. The van der Waals surface area contributed by atoms with E-state index in [2.05, 4.69) is 30.3 Å². The third-order valence-corrected chi connectivity index (χ3v) is 9.51. The van der Waals surface area contributed by atoms with E-state index in [1.54, 1.807) is 21.1 Å². The first-order chi connectivity index (χ1) is 24.0. The molecule has 0 bridgehead atoms. The van der Waals surface area contributed by atoms with Crippen LogP contribution in [0.25, 0.3) is 72.8 Å². The molecule has 0 unspecified atom stereocenters. The largest absolute Gasteiger partial charge is 0.268 e. The second-order valence-corrected chi connectivity index (χ2v) is 12.7. The molecule has 0 saturated heterocycles. The molecule has 8 aromatic rings. The van der Waals surface area contributed by atoms with E-state index in [0.717, 1.165) is 63.0 Å². The van der Waals surface area contributed by atoms with E-state index in [4.69, 9.17) is 21.6 Å². The summed E-state index contributed by atoms with van der Waals surface area (Å²) in [4.78, 5) is 36.1. The minimum atomic E-state index is -0.0932. The molecule has 9 rings (SSSR count). The predicted octanol–water partition coefficient (Wildman–Crippen LogP) is 9.14. The third kappa shape index (κ3) is 4.96. The normalized spacial score (nSPS) is 12.5. The Hall–Kier alpha value is -6.11. The van der Waals surface area contributed by atoms with Crippen molar-refractivity contribution in [3.63, 3.8) is 0 Å². The van der Waals surface area contributed by atoms with Crippen molar-refractivity contribution in [3.05, 3.63) is 171 Å². The summed E-state index contributed by atoms with van der Waals surface area (Å²) in [6, 6.07) is 37.8. The molecule has 234 valence electrons. The van der Waals surface area contributed by atoms with Crippen LogP contribution in [0.1, 0.15) is 17.7 Å². The number of aryl methyl sites for hydroxylation is 1. The van der Waals surface area contributed by atoms with Crippen LogP contribution in [0.5, 0.6) is 0 Å². The first-order valence-corrected chi connectivity index (χ1v) is 16.5. The predicted molar refractivity (Wildman–Crippen MR) is 198 cm³/mol. The van der Waals surface area contributed by atoms with Crippen molar-refractivity contribution >= 4 is 39.9 Å². The van der Waals surface area contributed by atoms with Crippen LogP contribution >= 0.6 is 11.6 Å². The second-order valence-electron chi connectivity index (χ2n) is 12.3. The van der Waals surface area contributed by atoms with Gasteiger partial charge < -0.3 is 0 Å². The van der Waals surface area contributed by atoms with E-state index in [0.29, 0.717) is 32.8 Å². The molecule has 0 atom stereocenters. The highest BCUT2D eigenvalue weighted by Gasteiger charge is 2.17. The number of pyridine rings is 2. The van der Waals surface area contributed by atoms with Gasteiger partial charge in [-0.3, -0.25) is 18.4 Å². The summed E-state index contributed by atoms with van der Waals surface area (Å²) in [7, 11) is 0. The van der Waals surface area contributed by atoms with Gasteiger partial charge >= 0.3 is 0 Å². The van der Waals surface area contributed by atoms with Crippen LogP contribution in [-0.2, 0) is 6.42 Å². The van der Waals surface area contributed by atoms with Crippen molar-refractivity contribution in [2.24, 2.45) is 0 Å². The smallest absolute Gasteiger partial charge is 0.265 e. The van der Waals surface area contributed by atoms with Crippen molar-refractivity contribution in [3.8, 4) is 44.5 Å². The second kappa shape index (κ2) is 11.5. The van der Waals surface area contributed by atoms with Gasteiger partial charge in [-0.25, -0.2) is 9.97 Å². The van der Waals surface area contributed by atoms with E-state index < -0.39 is 0 Å². The van der Waals surface area contributed by atoms with Crippen molar-refractivity contribution in [2.45, 2.75) is 12.8 Å². The van der Waals surface area contributed by atoms with E-state index in [-0.39, 0.29) is 11.1 Å². The lowest BCUT2D eigenvalue weighted by Crippen LogP contribution is -2.21. The molecule has 4 aromatic carbocycles. The Morgan fingerprint density at radius 1 is 0.571 bits per heavy atom. The molecule has 0 aliphatic heterocycles. The molecule has 4 heterocycles. The zero-order valence-electron chi connectivity index (χ0n) is 26.2. The number of nitrogens with zero attached hydrogens (tertiary/aromatic N) is 4. The number of aromatic nitrogens is 4. The molecule has 6 nitrogen and oxygen atoms in total. The van der Waals surface area contributed by atoms with Gasteiger partial charge in [0.25, 0.3) is 11.1 Å². The van der Waals surface area contributed by atoms with Crippen molar-refractivity contribution < 1.29 is 0 Å². The highest BCUT2D eigenvalue weighted by atomic mass is 35.5. The van der Waals surface area contributed by atoms with Crippen LogP contribution in [0.3, 0.4) is 0 Å². The Morgan fingerprint density at radius 2 is 1.12 bits per heavy atom. The van der Waals surface area contributed by atoms with Crippen molar-refractivity contribution in [1.29, 1.82) is 0 Å². The van der Waals surface area contributed by atoms with Gasteiger partial charge in [0.05, 0.1) is 22.2 Å². The average molecular weight is 655 g/mol. The highest BCUT2D eigenvalue weighted by Crippen LogP contribution is 2.39. The SMILES string of the molecule is O=c1c2c(nc3cc(-c4ccccc4-c4cc(Cl)cc(-c5ccccc5-c5ccn6c(=O)c7ccccc7nc6c5)c4)ccn13)CCC=C2. The van der Waals surface area contributed by atoms with Crippen LogP contribution in [0.4, 0.5) is 0 Å². The average Bonchev–Trinajstić information content (AvgIpc) is 3.14. The summed E-state index contributed by atoms with van der Waals surface area (Å²) < 4.78 is 3.21. The number of benzene rings is 4. The molecular weight excluding hydrogens is 628 g/mol. The van der Waals surface area contributed by atoms with Crippen LogP contribution < -0.4 is 11.1 Å². The highest BCUT2D eigenvalue weighted by molar-refractivity contribution is 6.31. The Balaban J connectivity index is 1.16. The summed E-state index contributed by atoms with van der Waals surface area (Å²) in [6.45, 7) is 0. The maximum atomic E-state index is 13.2. The maximum Gasteiger partial charge on any atom is 0.265 e. The molecule has 0 N–H and O–H groups in total. The van der Waals surface area contributed by atoms with Crippen LogP contribution in [-0.4, -0.2) is 18.8 Å². The Labute approximate surface area is 285 Å². The fraction of sp³-hybridized carbons (Fsp3) is 0.0476. The van der Waals surface area contributed by atoms with Gasteiger partial charge in [-0.1, -0.05) is 84.4 Å². The number of hydrogen-bond donors (Lipinski definition) is 0. The van der Waals surface area contributed by atoms with Crippen LogP contribution in [0.2, 0.25) is 5.02 Å². The van der Waals surface area contributed by atoms with Gasteiger partial charge in [0.15, 0.2) is 0 Å². The maximum absolute atomic E-state index is 13.2. The van der Waals surface area contributed by atoms with E-state index in [9.17, 15) is 9.59 Å². The zero-order chi connectivity index (χ0) is 33.1. The lowest BCUT2D eigenvalue weighted by Gasteiger charge is -2.16. The fourth-order valence-corrected chi connectivity index (χ4v) is 7.17. The molecule has 0 amide bonds. The van der Waals surface area contributed by atoms with E-state index >= 15 is 0 Å². The molecule has 1 aliphatic carbocycles. The quantitative estimate of drug-likeness (QED) is 0.178. The van der Waals surface area contributed by atoms with Gasteiger partial charge in [-0.15, -0.1) is 0 Å². The Bertz CT molecular complexity index is 2800. The van der Waals surface area contributed by atoms with Gasteiger partial charge in [-0.2, -0.15) is 0 Å². The summed E-state index contributed by atoms with van der Waals surface area (Å²) in [5.74, 6) is 0. The number of fused-ring (bicyclic) bond motifs is 4. The first kappa shape index (κ1) is 29.1. The van der Waals surface area contributed by atoms with E-state index in [1.807, 2.05) is 97.2 Å². The molecule has 4 aromatic heterocycles. The fourth-order valence-electron chi connectivity index (χ4n) is 6.94. The summed E-state index contributed by atoms with van der Waals surface area (Å²) in [5.41, 5.74) is 11.1. The minimum Gasteiger partial charge on any atom is -0.268 e. The van der Waals surface area contributed by atoms with Gasteiger partial charge in [0, 0.05) is 17.4 Å². The Morgan fingerprint density at radius 3 is 1.78 bits per heavy atom. The van der Waals surface area contributed by atoms with Crippen LogP contribution in [0, 0.1) is 0 Å². The molecule has 0 saturated carbocycles. The molecule has 7 heteroatoms. The summed E-state index contributed by atoms with van der Waals surface area (Å²) in [5, 5.41) is 1.20. The van der Waals surface area contributed by atoms with E-state index in [1.165, 1.54) is 0 Å². The minimum absolute atomic E-state index is 0.0449. The van der Waals surface area contributed by atoms with Crippen molar-refractivity contribution in [2.75, 3.05) is 0 Å². The topological polar surface area (TPSA) is 68.7 Å². The standard InChI is InChI=1S/C42H27ClN4O2/c43-30-22-28(33-11-3-1-9-31(33)26-17-19-46-39(24-26)44-37-15-7-5-13-35(37)41(46)48)21-29(23-30)34-12-4-2-10-32(34)27-18-20-47-40(25-27)45-38-16-8-6-14-36(38)42(47)49/h1-7,9-15,17-25H,8,16H2. The van der Waals surface area contributed by atoms with Gasteiger partial charge in [0.1, 0.15) is 11.3 Å². The first-order valence-electron chi connectivity index (χ1n) is 16.1. The van der Waals surface area contributed by atoms with Crippen molar-refractivity contribution in [1.82, 2.24) is 18.8 Å². The monoisotopic (exact) mass is 654 g/mol. The number of rotatable bonds is 4.